The molecule has 1 amide bonds. The highest BCUT2D eigenvalue weighted by atomic mass is 32.2. The average Bonchev–Trinajstić information content (AvgIpc) is 2.94. The molecule has 4 atom stereocenters. The Hall–Kier alpha value is -0.720. The van der Waals surface area contributed by atoms with Crippen molar-refractivity contribution in [3.05, 3.63) is 0 Å². The fraction of sp³-hybridized carbons (Fsp3) is 0.833. The predicted molar refractivity (Wildman–Crippen MR) is 66.9 cm³/mol. The fourth-order valence-electron chi connectivity index (χ4n) is 3.25. The summed E-state index contributed by atoms with van der Waals surface area (Å²) in [7, 11) is 0. The Kier molecular flexibility index (Phi) is 2.89. The molecule has 0 aromatic heterocycles. The minimum Gasteiger partial charge on any atom is -0.304 e. The lowest BCUT2D eigenvalue weighted by Crippen LogP contribution is -2.46. The highest BCUT2D eigenvalue weighted by Gasteiger charge is 2.62. The minimum absolute atomic E-state index is 0.0946. The van der Waals surface area contributed by atoms with Crippen LogP contribution in [0.15, 0.2) is 4.99 Å². The summed E-state index contributed by atoms with van der Waals surface area (Å²) in [4.78, 5) is 15.9. The molecule has 106 valence electrons. The summed E-state index contributed by atoms with van der Waals surface area (Å²) in [5.74, 6) is 0.162. The lowest BCUT2D eigenvalue weighted by molar-refractivity contribution is -0.166. The first-order valence-electron chi connectivity index (χ1n) is 6.44. The topological polar surface area (TPSA) is 41.5 Å². The van der Waals surface area contributed by atoms with E-state index in [-0.39, 0.29) is 11.2 Å². The maximum atomic E-state index is 12.9. The van der Waals surface area contributed by atoms with Gasteiger partial charge in [-0.3, -0.25) is 9.79 Å². The predicted octanol–water partition coefficient (Wildman–Crippen LogP) is 2.72. The van der Waals surface area contributed by atoms with Gasteiger partial charge in [-0.2, -0.15) is 13.2 Å². The van der Waals surface area contributed by atoms with Crippen LogP contribution in [0.25, 0.3) is 0 Å². The van der Waals surface area contributed by atoms with E-state index in [9.17, 15) is 18.0 Å². The van der Waals surface area contributed by atoms with Gasteiger partial charge < -0.3 is 5.32 Å². The van der Waals surface area contributed by atoms with Gasteiger partial charge in [-0.25, -0.2) is 0 Å². The molecule has 4 unspecified atom stereocenters. The molecule has 7 heteroatoms. The summed E-state index contributed by atoms with van der Waals surface area (Å²) in [5.41, 5.74) is 0. The number of carbonyl (C=O) groups is 1. The van der Waals surface area contributed by atoms with Gasteiger partial charge in [0.2, 0.25) is 0 Å². The zero-order valence-corrected chi connectivity index (χ0v) is 11.3. The number of rotatable bonds is 1. The lowest BCUT2D eigenvalue weighted by atomic mass is 9.96. The summed E-state index contributed by atoms with van der Waals surface area (Å²) >= 11 is 0.507. The van der Waals surface area contributed by atoms with E-state index in [1.165, 1.54) is 6.42 Å². The van der Waals surface area contributed by atoms with Crippen molar-refractivity contribution in [2.45, 2.75) is 49.6 Å². The Morgan fingerprint density at radius 2 is 2.11 bits per heavy atom. The number of nitrogens with zero attached hydrogens (tertiary/aromatic N) is 1. The lowest BCUT2D eigenvalue weighted by Gasteiger charge is -2.22. The number of aliphatic imine (C=N–C) groups is 1. The van der Waals surface area contributed by atoms with Crippen LogP contribution < -0.4 is 5.32 Å². The Morgan fingerprint density at radius 3 is 2.58 bits per heavy atom. The maximum Gasteiger partial charge on any atom is 0.412 e. The number of halogens is 3. The van der Waals surface area contributed by atoms with Crippen LogP contribution in [0.5, 0.6) is 0 Å². The molecule has 3 nitrogen and oxygen atoms in total. The molecule has 1 saturated heterocycles. The number of amidine groups is 1. The number of carbonyl (C=O) groups excluding carboxylic acids is 1. The molecule has 3 aliphatic rings. The van der Waals surface area contributed by atoms with Gasteiger partial charge in [-0.1, -0.05) is 18.2 Å². The number of hydrogen-bond acceptors (Lipinski definition) is 3. The molecule has 19 heavy (non-hydrogen) atoms. The van der Waals surface area contributed by atoms with Crippen LogP contribution in [-0.4, -0.2) is 28.0 Å². The quantitative estimate of drug-likeness (QED) is 0.807. The second kappa shape index (κ2) is 4.14. The summed E-state index contributed by atoms with van der Waals surface area (Å²) in [5, 5.41) is 2.43. The van der Waals surface area contributed by atoms with E-state index in [1.54, 1.807) is 0 Å². The molecule has 0 spiro atoms. The normalized spacial score (nSPS) is 44.1. The number of hydrogen-bond donors (Lipinski definition) is 1. The zero-order valence-electron chi connectivity index (χ0n) is 10.5. The molecule has 1 heterocycles. The monoisotopic (exact) mass is 292 g/mol. The van der Waals surface area contributed by atoms with Crippen molar-refractivity contribution in [1.29, 1.82) is 0 Å². The minimum atomic E-state index is -4.56. The summed E-state index contributed by atoms with van der Waals surface area (Å²) in [6.45, 7) is 0.913. The van der Waals surface area contributed by atoms with E-state index in [0.717, 1.165) is 26.2 Å². The molecule has 2 aliphatic carbocycles. The summed E-state index contributed by atoms with van der Waals surface area (Å²) in [6, 6.07) is 0.0946. The van der Waals surface area contributed by atoms with Gasteiger partial charge in [0.25, 0.3) is 5.91 Å². The van der Waals surface area contributed by atoms with Crippen molar-refractivity contribution in [2.24, 2.45) is 16.8 Å². The van der Waals surface area contributed by atoms with Gasteiger partial charge in [0.15, 0.2) is 9.91 Å². The van der Waals surface area contributed by atoms with Crippen LogP contribution in [0.1, 0.15) is 32.6 Å². The Bertz CT molecular complexity index is 451. The number of thioether (sulfide) groups is 1. The number of alkyl halides is 3. The van der Waals surface area contributed by atoms with Gasteiger partial charge in [-0.05, 0) is 38.0 Å². The van der Waals surface area contributed by atoms with Crippen molar-refractivity contribution in [2.75, 3.05) is 0 Å². The number of fused-ring (bicyclic) bond motifs is 2. The molecular formula is C12H15F3N2OS. The first kappa shape index (κ1) is 13.3. The van der Waals surface area contributed by atoms with Crippen LogP contribution in [0, 0.1) is 11.8 Å². The Balaban J connectivity index is 1.76. The average molecular weight is 292 g/mol. The van der Waals surface area contributed by atoms with Gasteiger partial charge in [0.1, 0.15) is 0 Å². The first-order chi connectivity index (χ1) is 8.79. The molecule has 3 rings (SSSR count). The first-order valence-corrected chi connectivity index (χ1v) is 7.26. The van der Waals surface area contributed by atoms with Crippen molar-refractivity contribution < 1.29 is 18.0 Å². The highest BCUT2D eigenvalue weighted by Crippen LogP contribution is 2.48. The highest BCUT2D eigenvalue weighted by molar-refractivity contribution is 8.16. The van der Waals surface area contributed by atoms with Crippen LogP contribution >= 0.6 is 11.8 Å². The third-order valence-electron chi connectivity index (χ3n) is 4.48. The molecule has 0 aromatic rings. The molecule has 1 N–H and O–H groups in total. The van der Waals surface area contributed by atoms with Crippen LogP contribution in [0.4, 0.5) is 13.2 Å². The zero-order chi connectivity index (χ0) is 13.8. The van der Waals surface area contributed by atoms with Crippen molar-refractivity contribution in [3.63, 3.8) is 0 Å². The standard InChI is InChI=1S/C12H15F3N2OS/c1-11(12(13,14)15)9(18)17-10(19-11)16-8-5-6-2-3-7(8)4-6/h6-8H,2-5H2,1H3,(H,16,17,18). The van der Waals surface area contributed by atoms with Gasteiger partial charge in [-0.15, -0.1) is 0 Å². The molecule has 2 saturated carbocycles. The van der Waals surface area contributed by atoms with Gasteiger partial charge in [0, 0.05) is 0 Å². The molecule has 2 bridgehead atoms. The largest absolute Gasteiger partial charge is 0.412 e. The smallest absolute Gasteiger partial charge is 0.304 e. The van der Waals surface area contributed by atoms with Crippen LogP contribution in [-0.2, 0) is 4.79 Å². The van der Waals surface area contributed by atoms with E-state index in [2.05, 4.69) is 10.3 Å². The second-order valence-corrected chi connectivity index (χ2v) is 7.17. The maximum absolute atomic E-state index is 12.9. The van der Waals surface area contributed by atoms with E-state index < -0.39 is 16.8 Å². The third kappa shape index (κ3) is 2.06. The van der Waals surface area contributed by atoms with Crippen molar-refractivity contribution in [1.82, 2.24) is 5.32 Å². The van der Waals surface area contributed by atoms with Crippen LogP contribution in [0.2, 0.25) is 0 Å². The van der Waals surface area contributed by atoms with Crippen LogP contribution in [0.3, 0.4) is 0 Å². The Morgan fingerprint density at radius 1 is 1.37 bits per heavy atom. The van der Waals surface area contributed by atoms with Gasteiger partial charge in [0.05, 0.1) is 6.04 Å². The molecule has 0 aromatic carbocycles. The second-order valence-electron chi connectivity index (χ2n) is 5.76. The number of nitrogens with one attached hydrogen (secondary N) is 1. The summed E-state index contributed by atoms with van der Waals surface area (Å²) in [6.07, 6.45) is -0.148. The Labute approximate surface area is 113 Å². The molecule has 0 radical (unpaired) electrons. The van der Waals surface area contributed by atoms with E-state index >= 15 is 0 Å². The summed E-state index contributed by atoms with van der Waals surface area (Å²) < 4.78 is 36.3. The van der Waals surface area contributed by atoms with Gasteiger partial charge >= 0.3 is 6.18 Å². The molecular weight excluding hydrogens is 277 g/mol. The van der Waals surface area contributed by atoms with E-state index in [1.807, 2.05) is 0 Å². The van der Waals surface area contributed by atoms with Crippen molar-refractivity contribution >= 4 is 22.8 Å². The SMILES string of the molecule is CC1(C(F)(F)F)SC(=NC2CC3CCC2C3)NC1=O. The van der Waals surface area contributed by atoms with Crippen molar-refractivity contribution in [3.8, 4) is 0 Å². The fourth-order valence-corrected chi connectivity index (χ4v) is 4.22. The third-order valence-corrected chi connectivity index (χ3v) is 5.71. The van der Waals surface area contributed by atoms with E-state index in [4.69, 9.17) is 0 Å². The van der Waals surface area contributed by atoms with E-state index in [0.29, 0.717) is 23.6 Å². The molecule has 3 fully saturated rings. The molecule has 1 aliphatic heterocycles. The number of amides is 1.